The van der Waals surface area contributed by atoms with Gasteiger partial charge in [0.1, 0.15) is 5.75 Å². The fourth-order valence-corrected chi connectivity index (χ4v) is 1.33. The Morgan fingerprint density at radius 1 is 1.42 bits per heavy atom. The van der Waals surface area contributed by atoms with Gasteiger partial charge < -0.3 is 5.11 Å². The summed E-state index contributed by atoms with van der Waals surface area (Å²) in [4.78, 5) is 0. The number of nitrogens with zero attached hydrogens (tertiary/aromatic N) is 1. The van der Waals surface area contributed by atoms with Crippen LogP contribution in [0.15, 0.2) is 12.1 Å². The van der Waals surface area contributed by atoms with Gasteiger partial charge in [-0.2, -0.15) is 5.26 Å². The standard InChI is InChI=1S/C8H5Cl2NO/c9-6-1-2-7(12)8(10)5(6)3-4-11/h1-2,12H,3H2. The first-order chi connectivity index (χ1) is 5.66. The Morgan fingerprint density at radius 2 is 2.08 bits per heavy atom. The van der Waals surface area contributed by atoms with Gasteiger partial charge >= 0.3 is 0 Å². The van der Waals surface area contributed by atoms with E-state index in [0.29, 0.717) is 10.6 Å². The Bertz CT molecular complexity index is 344. The molecule has 0 saturated carbocycles. The lowest BCUT2D eigenvalue weighted by atomic mass is 10.1. The molecule has 12 heavy (non-hydrogen) atoms. The molecule has 0 aliphatic carbocycles. The van der Waals surface area contributed by atoms with Crippen LogP contribution in [-0.4, -0.2) is 5.11 Å². The molecule has 1 N–H and O–H groups in total. The van der Waals surface area contributed by atoms with E-state index in [1.165, 1.54) is 12.1 Å². The highest BCUT2D eigenvalue weighted by Crippen LogP contribution is 2.32. The SMILES string of the molecule is N#CCc1c(Cl)ccc(O)c1Cl. The molecule has 0 spiro atoms. The predicted octanol–water partition coefficient (Wildman–Crippen LogP) is 2.77. The van der Waals surface area contributed by atoms with Crippen LogP contribution in [0.25, 0.3) is 0 Å². The third-order valence-electron chi connectivity index (χ3n) is 1.42. The Balaban J connectivity index is 3.25. The molecule has 1 aromatic rings. The molecule has 0 radical (unpaired) electrons. The minimum atomic E-state index is -0.0497. The van der Waals surface area contributed by atoms with Crippen molar-refractivity contribution >= 4 is 23.2 Å². The van der Waals surface area contributed by atoms with Crippen molar-refractivity contribution in [3.8, 4) is 11.8 Å². The second kappa shape index (κ2) is 3.66. The summed E-state index contributed by atoms with van der Waals surface area (Å²) in [5.41, 5.74) is 0.473. The van der Waals surface area contributed by atoms with Gasteiger partial charge in [-0.05, 0) is 12.1 Å². The summed E-state index contributed by atoms with van der Waals surface area (Å²) in [7, 11) is 0. The molecular formula is C8H5Cl2NO. The van der Waals surface area contributed by atoms with Crippen molar-refractivity contribution in [2.45, 2.75) is 6.42 Å². The first-order valence-electron chi connectivity index (χ1n) is 3.19. The lowest BCUT2D eigenvalue weighted by Gasteiger charge is -2.03. The molecule has 0 amide bonds. The minimum Gasteiger partial charge on any atom is -0.506 e. The Labute approximate surface area is 80.0 Å². The second-order valence-corrected chi connectivity index (χ2v) is 2.98. The lowest BCUT2D eigenvalue weighted by molar-refractivity contribution is 0.475. The molecule has 0 aliphatic heterocycles. The predicted molar refractivity (Wildman–Crippen MR) is 47.4 cm³/mol. The van der Waals surface area contributed by atoms with Crippen molar-refractivity contribution in [3.05, 3.63) is 27.7 Å². The zero-order valence-electron chi connectivity index (χ0n) is 6.01. The van der Waals surface area contributed by atoms with Gasteiger partial charge in [0.2, 0.25) is 0 Å². The highest BCUT2D eigenvalue weighted by atomic mass is 35.5. The summed E-state index contributed by atoms with van der Waals surface area (Å²) < 4.78 is 0. The fourth-order valence-electron chi connectivity index (χ4n) is 0.826. The van der Waals surface area contributed by atoms with Crippen molar-refractivity contribution in [2.75, 3.05) is 0 Å². The molecule has 4 heteroatoms. The maximum absolute atomic E-state index is 9.15. The van der Waals surface area contributed by atoms with E-state index in [-0.39, 0.29) is 17.2 Å². The van der Waals surface area contributed by atoms with Crippen LogP contribution in [0.5, 0.6) is 5.75 Å². The molecule has 0 atom stereocenters. The molecule has 0 aliphatic rings. The molecule has 0 heterocycles. The third-order valence-corrected chi connectivity index (χ3v) is 2.20. The summed E-state index contributed by atoms with van der Waals surface area (Å²) in [6.45, 7) is 0. The maximum Gasteiger partial charge on any atom is 0.134 e. The number of aromatic hydroxyl groups is 1. The van der Waals surface area contributed by atoms with E-state index >= 15 is 0 Å². The van der Waals surface area contributed by atoms with Crippen LogP contribution in [0, 0.1) is 11.3 Å². The highest BCUT2D eigenvalue weighted by Gasteiger charge is 2.08. The number of hydrogen-bond acceptors (Lipinski definition) is 2. The number of benzene rings is 1. The summed E-state index contributed by atoms with van der Waals surface area (Å²) in [5, 5.41) is 18.1. The van der Waals surface area contributed by atoms with Crippen LogP contribution >= 0.6 is 23.2 Å². The van der Waals surface area contributed by atoms with Crippen LogP contribution in [0.2, 0.25) is 10.0 Å². The number of rotatable bonds is 1. The molecular weight excluding hydrogens is 197 g/mol. The minimum absolute atomic E-state index is 0.0497. The Morgan fingerprint density at radius 3 is 2.67 bits per heavy atom. The number of phenolic OH excluding ortho intramolecular Hbond substituents is 1. The molecule has 2 nitrogen and oxygen atoms in total. The smallest absolute Gasteiger partial charge is 0.134 e. The third kappa shape index (κ3) is 1.63. The Kier molecular flexibility index (Phi) is 2.80. The number of halogens is 2. The van der Waals surface area contributed by atoms with E-state index in [9.17, 15) is 0 Å². The summed E-state index contributed by atoms with van der Waals surface area (Å²) in [6.07, 6.45) is 0.103. The lowest BCUT2D eigenvalue weighted by Crippen LogP contribution is -1.85. The van der Waals surface area contributed by atoms with Crippen molar-refractivity contribution in [2.24, 2.45) is 0 Å². The molecule has 62 valence electrons. The zero-order valence-corrected chi connectivity index (χ0v) is 7.52. The van der Waals surface area contributed by atoms with Crippen LogP contribution < -0.4 is 0 Å². The number of phenols is 1. The molecule has 1 aromatic carbocycles. The highest BCUT2D eigenvalue weighted by molar-refractivity contribution is 6.36. The van der Waals surface area contributed by atoms with Gasteiger partial charge in [0.15, 0.2) is 0 Å². The first kappa shape index (κ1) is 9.18. The van der Waals surface area contributed by atoms with E-state index < -0.39 is 0 Å². The normalized spacial score (nSPS) is 9.42. The first-order valence-corrected chi connectivity index (χ1v) is 3.95. The van der Waals surface area contributed by atoms with Crippen molar-refractivity contribution < 1.29 is 5.11 Å². The van der Waals surface area contributed by atoms with E-state index in [0.717, 1.165) is 0 Å². The van der Waals surface area contributed by atoms with E-state index in [4.69, 9.17) is 33.6 Å². The van der Waals surface area contributed by atoms with Crippen LogP contribution in [0.1, 0.15) is 5.56 Å². The molecule has 0 fully saturated rings. The van der Waals surface area contributed by atoms with Crippen LogP contribution in [0.3, 0.4) is 0 Å². The van der Waals surface area contributed by atoms with Crippen LogP contribution in [0.4, 0.5) is 0 Å². The molecule has 0 bridgehead atoms. The molecule has 1 rings (SSSR count). The van der Waals surface area contributed by atoms with E-state index in [1.807, 2.05) is 6.07 Å². The summed E-state index contributed by atoms with van der Waals surface area (Å²) in [5.74, 6) is -0.0497. The van der Waals surface area contributed by atoms with Crippen LogP contribution in [-0.2, 0) is 6.42 Å². The van der Waals surface area contributed by atoms with Gasteiger partial charge in [-0.1, -0.05) is 23.2 Å². The zero-order chi connectivity index (χ0) is 9.14. The van der Waals surface area contributed by atoms with Crippen molar-refractivity contribution in [1.29, 1.82) is 5.26 Å². The Hall–Kier alpha value is -0.910. The van der Waals surface area contributed by atoms with Gasteiger partial charge in [0, 0.05) is 10.6 Å². The molecule has 0 aromatic heterocycles. The van der Waals surface area contributed by atoms with Gasteiger partial charge in [-0.25, -0.2) is 0 Å². The van der Waals surface area contributed by atoms with E-state index in [1.54, 1.807) is 0 Å². The quantitative estimate of drug-likeness (QED) is 0.760. The van der Waals surface area contributed by atoms with Crippen molar-refractivity contribution in [3.63, 3.8) is 0 Å². The molecule has 0 saturated heterocycles. The average Bonchev–Trinajstić information content (AvgIpc) is 2.06. The summed E-state index contributed by atoms with van der Waals surface area (Å²) >= 11 is 11.4. The maximum atomic E-state index is 9.15. The average molecular weight is 202 g/mol. The monoisotopic (exact) mass is 201 g/mol. The van der Waals surface area contributed by atoms with E-state index in [2.05, 4.69) is 0 Å². The number of nitriles is 1. The number of hydrogen-bond donors (Lipinski definition) is 1. The second-order valence-electron chi connectivity index (χ2n) is 2.19. The van der Waals surface area contributed by atoms with Gasteiger partial charge in [0.25, 0.3) is 0 Å². The van der Waals surface area contributed by atoms with Gasteiger partial charge in [-0.15, -0.1) is 0 Å². The fraction of sp³-hybridized carbons (Fsp3) is 0.125. The van der Waals surface area contributed by atoms with Gasteiger partial charge in [-0.3, -0.25) is 0 Å². The topological polar surface area (TPSA) is 44.0 Å². The van der Waals surface area contributed by atoms with Crippen molar-refractivity contribution in [1.82, 2.24) is 0 Å². The molecule has 0 unspecified atom stereocenters. The van der Waals surface area contributed by atoms with Gasteiger partial charge in [0.05, 0.1) is 17.5 Å². The largest absolute Gasteiger partial charge is 0.506 e. The summed E-state index contributed by atoms with van der Waals surface area (Å²) in [6, 6.07) is 4.82.